The quantitative estimate of drug-likeness (QED) is 0.670. The van der Waals surface area contributed by atoms with Crippen molar-refractivity contribution in [3.8, 4) is 22.8 Å². The van der Waals surface area contributed by atoms with Crippen LogP contribution in [0, 0.1) is 0 Å². The van der Waals surface area contributed by atoms with Gasteiger partial charge in [-0.05, 0) is 35.7 Å². The Bertz CT molecular complexity index is 1150. The number of rotatable bonds is 3. The zero-order valence-corrected chi connectivity index (χ0v) is 16.8. The molecule has 0 aliphatic carbocycles. The molecule has 2 atom stereocenters. The molecule has 0 spiro atoms. The first kappa shape index (κ1) is 20.3. The van der Waals surface area contributed by atoms with Crippen LogP contribution in [0.3, 0.4) is 0 Å². The molecule has 0 fully saturated rings. The number of hydrogen-bond acceptors (Lipinski definition) is 5. The van der Waals surface area contributed by atoms with Gasteiger partial charge in [0.05, 0.1) is 6.04 Å². The van der Waals surface area contributed by atoms with E-state index in [4.69, 9.17) is 9.47 Å². The lowest BCUT2D eigenvalue weighted by molar-refractivity contribution is -0.203. The number of carbonyl (C=O) groups is 1. The van der Waals surface area contributed by atoms with Gasteiger partial charge in [-0.3, -0.25) is 9.78 Å². The molecule has 1 N–H and O–H groups in total. The zero-order chi connectivity index (χ0) is 22.3. The van der Waals surface area contributed by atoms with Crippen LogP contribution in [0.1, 0.15) is 22.5 Å². The first-order valence-corrected chi connectivity index (χ1v) is 10.1. The van der Waals surface area contributed by atoms with E-state index in [9.17, 15) is 18.0 Å². The molecule has 1 unspecified atom stereocenters. The number of fused-ring (bicyclic) bond motifs is 2. The number of halogens is 3. The van der Waals surface area contributed by atoms with Crippen LogP contribution in [0.25, 0.3) is 11.1 Å². The Kier molecular flexibility index (Phi) is 4.99. The van der Waals surface area contributed by atoms with E-state index in [-0.39, 0.29) is 37.2 Å². The molecule has 2 aliphatic rings. The Morgan fingerprint density at radius 1 is 1.19 bits per heavy atom. The van der Waals surface area contributed by atoms with Crippen molar-refractivity contribution in [1.82, 2.24) is 20.1 Å². The van der Waals surface area contributed by atoms with Crippen molar-refractivity contribution in [3.63, 3.8) is 0 Å². The van der Waals surface area contributed by atoms with E-state index in [1.165, 1.54) is 10.7 Å². The minimum atomic E-state index is -4.46. The van der Waals surface area contributed by atoms with Gasteiger partial charge in [0.15, 0.2) is 11.8 Å². The van der Waals surface area contributed by atoms with Crippen LogP contribution < -0.4 is 14.8 Å². The van der Waals surface area contributed by atoms with Crippen molar-refractivity contribution >= 4 is 5.91 Å². The predicted molar refractivity (Wildman–Crippen MR) is 107 cm³/mol. The van der Waals surface area contributed by atoms with Gasteiger partial charge in [-0.25, -0.2) is 4.68 Å². The third kappa shape index (κ3) is 4.00. The summed E-state index contributed by atoms with van der Waals surface area (Å²) in [5.41, 5.74) is 2.92. The summed E-state index contributed by atoms with van der Waals surface area (Å²) in [5.74, 6) is 0.210. The first-order chi connectivity index (χ1) is 15.4. The fourth-order valence-electron chi connectivity index (χ4n) is 3.90. The maximum Gasteiger partial charge on any atom is 0.425 e. The average Bonchev–Trinajstić information content (AvgIpc) is 3.22. The molecule has 4 heterocycles. The second-order valence-electron chi connectivity index (χ2n) is 7.78. The molecule has 1 amide bonds. The van der Waals surface area contributed by atoms with E-state index >= 15 is 0 Å². The van der Waals surface area contributed by atoms with Gasteiger partial charge in [0.2, 0.25) is 5.88 Å². The van der Waals surface area contributed by atoms with Gasteiger partial charge >= 0.3 is 6.18 Å². The summed E-state index contributed by atoms with van der Waals surface area (Å²) >= 11 is 0. The van der Waals surface area contributed by atoms with Crippen LogP contribution in [0.4, 0.5) is 13.2 Å². The topological polar surface area (TPSA) is 78.3 Å². The Morgan fingerprint density at radius 3 is 2.84 bits per heavy atom. The highest BCUT2D eigenvalue weighted by Crippen LogP contribution is 2.32. The smallest absolute Gasteiger partial charge is 0.425 e. The lowest BCUT2D eigenvalue weighted by atomic mass is 9.97. The number of amides is 1. The predicted octanol–water partition coefficient (Wildman–Crippen LogP) is 3.39. The lowest BCUT2D eigenvalue weighted by Gasteiger charge is -2.26. The molecule has 0 bridgehead atoms. The fraction of sp³-hybridized carbons (Fsp3) is 0.318. The van der Waals surface area contributed by atoms with Gasteiger partial charge in [-0.2, -0.15) is 18.3 Å². The molecule has 2 aliphatic heterocycles. The summed E-state index contributed by atoms with van der Waals surface area (Å²) in [6, 6.07) is 10.6. The monoisotopic (exact) mass is 444 g/mol. The second kappa shape index (κ2) is 7.85. The van der Waals surface area contributed by atoms with Crippen LogP contribution in [-0.2, 0) is 13.0 Å². The van der Waals surface area contributed by atoms with Crippen molar-refractivity contribution in [3.05, 3.63) is 60.0 Å². The molecule has 1 aromatic carbocycles. The molecule has 5 rings (SSSR count). The minimum absolute atomic E-state index is 0.0118. The summed E-state index contributed by atoms with van der Waals surface area (Å²) < 4.78 is 50.8. The Balaban J connectivity index is 1.27. The highest BCUT2D eigenvalue weighted by atomic mass is 19.4. The van der Waals surface area contributed by atoms with Crippen molar-refractivity contribution < 1.29 is 27.4 Å². The van der Waals surface area contributed by atoms with Gasteiger partial charge < -0.3 is 14.8 Å². The average molecular weight is 444 g/mol. The Morgan fingerprint density at radius 2 is 2.06 bits per heavy atom. The van der Waals surface area contributed by atoms with Gasteiger partial charge in [0, 0.05) is 37.0 Å². The molecule has 2 aromatic heterocycles. The molecule has 0 radical (unpaired) electrons. The normalized spacial score (nSPS) is 19.8. The van der Waals surface area contributed by atoms with E-state index in [0.29, 0.717) is 6.42 Å². The summed E-state index contributed by atoms with van der Waals surface area (Å²) in [4.78, 5) is 16.8. The molecular weight excluding hydrogens is 425 g/mol. The SMILES string of the molecule is O=C(N[C@H]1COc2ccc(-c3cccnc3)cc2C1)c1cc2n(n1)CCC(C(F)(F)F)O2. The van der Waals surface area contributed by atoms with Crippen LogP contribution in [-0.4, -0.2) is 45.6 Å². The fourth-order valence-corrected chi connectivity index (χ4v) is 3.90. The molecule has 10 heteroatoms. The summed E-state index contributed by atoms with van der Waals surface area (Å²) in [6.07, 6.45) is -2.56. The number of pyridine rings is 1. The standard InChI is InChI=1S/C22H19F3N4O3/c23-22(24,25)19-5-7-29-20(32-19)10-17(28-29)21(30)27-16-9-15-8-13(3-4-18(15)31-12-16)14-2-1-6-26-11-14/h1-4,6,8,10-11,16,19H,5,7,9,12H2,(H,27,30)/t16-,19?/m1/s1. The molecule has 7 nitrogen and oxygen atoms in total. The summed E-state index contributed by atoms with van der Waals surface area (Å²) in [7, 11) is 0. The van der Waals surface area contributed by atoms with Crippen molar-refractivity contribution in [1.29, 1.82) is 0 Å². The third-order valence-corrected chi connectivity index (χ3v) is 5.50. The van der Waals surface area contributed by atoms with Crippen LogP contribution >= 0.6 is 0 Å². The Labute approximate surface area is 181 Å². The summed E-state index contributed by atoms with van der Waals surface area (Å²) in [6.45, 7) is 0.315. The summed E-state index contributed by atoms with van der Waals surface area (Å²) in [5, 5.41) is 6.95. The van der Waals surface area contributed by atoms with Gasteiger partial charge in [0.1, 0.15) is 12.4 Å². The van der Waals surface area contributed by atoms with E-state index in [1.807, 2.05) is 30.3 Å². The number of nitrogens with one attached hydrogen (secondary N) is 1. The largest absolute Gasteiger partial charge is 0.491 e. The third-order valence-electron chi connectivity index (χ3n) is 5.50. The zero-order valence-electron chi connectivity index (χ0n) is 16.8. The highest BCUT2D eigenvalue weighted by molar-refractivity contribution is 5.92. The van der Waals surface area contributed by atoms with E-state index < -0.39 is 18.2 Å². The Hall–Kier alpha value is -3.56. The van der Waals surface area contributed by atoms with E-state index in [1.54, 1.807) is 12.4 Å². The molecule has 3 aromatic rings. The van der Waals surface area contributed by atoms with Gasteiger partial charge in [-0.1, -0.05) is 12.1 Å². The number of aryl methyl sites for hydroxylation is 1. The lowest BCUT2D eigenvalue weighted by Crippen LogP contribution is -2.42. The van der Waals surface area contributed by atoms with Gasteiger partial charge in [0.25, 0.3) is 5.91 Å². The number of aromatic nitrogens is 3. The maximum absolute atomic E-state index is 12.9. The van der Waals surface area contributed by atoms with Crippen molar-refractivity contribution in [2.75, 3.05) is 6.61 Å². The maximum atomic E-state index is 12.9. The molecule has 0 saturated carbocycles. The molecular formula is C22H19F3N4O3. The number of benzene rings is 1. The molecule has 32 heavy (non-hydrogen) atoms. The number of ether oxygens (including phenoxy) is 2. The molecule has 0 saturated heterocycles. The number of hydrogen-bond donors (Lipinski definition) is 1. The second-order valence-corrected chi connectivity index (χ2v) is 7.78. The number of alkyl halides is 3. The van der Waals surface area contributed by atoms with Crippen molar-refractivity contribution in [2.45, 2.75) is 37.7 Å². The van der Waals surface area contributed by atoms with E-state index in [0.717, 1.165) is 22.4 Å². The van der Waals surface area contributed by atoms with E-state index in [2.05, 4.69) is 15.4 Å². The van der Waals surface area contributed by atoms with Crippen LogP contribution in [0.15, 0.2) is 48.8 Å². The van der Waals surface area contributed by atoms with Crippen molar-refractivity contribution in [2.24, 2.45) is 0 Å². The van der Waals surface area contributed by atoms with Crippen LogP contribution in [0.5, 0.6) is 11.6 Å². The first-order valence-electron chi connectivity index (χ1n) is 10.1. The van der Waals surface area contributed by atoms with Gasteiger partial charge in [-0.15, -0.1) is 0 Å². The molecule has 166 valence electrons. The highest BCUT2D eigenvalue weighted by Gasteiger charge is 2.44. The minimum Gasteiger partial charge on any atom is -0.491 e. The number of nitrogens with zero attached hydrogens (tertiary/aromatic N) is 3. The number of carbonyl (C=O) groups excluding carboxylic acids is 1. The van der Waals surface area contributed by atoms with Crippen LogP contribution in [0.2, 0.25) is 0 Å².